The molecule has 0 bridgehead atoms. The molecule has 1 heterocycles. The number of nitrogens with zero attached hydrogens (tertiary/aromatic N) is 1. The van der Waals surface area contributed by atoms with Gasteiger partial charge in [0.1, 0.15) is 12.4 Å². The van der Waals surface area contributed by atoms with Crippen molar-refractivity contribution in [3.05, 3.63) is 40.7 Å². The molecule has 0 unspecified atom stereocenters. The van der Waals surface area contributed by atoms with Crippen molar-refractivity contribution in [2.75, 3.05) is 18.4 Å². The van der Waals surface area contributed by atoms with E-state index in [0.717, 1.165) is 48.1 Å². The lowest BCUT2D eigenvalue weighted by Crippen LogP contribution is -2.25. The standard InChI is InChI=1S/C18H20FN3O2/c19-14-6-5-11(8-16(14)22-18(24)9-20)7-15-12-3-1-2-4-13(12)17(23)10-21-15/h5-6,8H,1-4,7,9-10,20H2,(H,22,24). The molecule has 1 aromatic carbocycles. The number of carbonyl (C=O) groups excluding carboxylic acids is 2. The Bertz CT molecular complexity index is 753. The first-order chi connectivity index (χ1) is 11.6. The molecule has 24 heavy (non-hydrogen) atoms. The van der Waals surface area contributed by atoms with Crippen LogP contribution in [0.4, 0.5) is 10.1 Å². The van der Waals surface area contributed by atoms with Crippen LogP contribution in [0.15, 0.2) is 34.3 Å². The Morgan fingerprint density at radius 1 is 1.25 bits per heavy atom. The highest BCUT2D eigenvalue weighted by molar-refractivity contribution is 6.14. The molecular weight excluding hydrogens is 309 g/mol. The molecule has 3 rings (SSSR count). The summed E-state index contributed by atoms with van der Waals surface area (Å²) in [5.74, 6) is -0.814. The maximum absolute atomic E-state index is 13.8. The fraction of sp³-hybridized carbons (Fsp3) is 0.389. The first-order valence-electron chi connectivity index (χ1n) is 8.15. The van der Waals surface area contributed by atoms with E-state index in [1.807, 2.05) is 0 Å². The van der Waals surface area contributed by atoms with E-state index in [4.69, 9.17) is 5.73 Å². The number of nitrogens with two attached hydrogens (primary N) is 1. The molecule has 5 nitrogen and oxygen atoms in total. The zero-order valence-electron chi connectivity index (χ0n) is 13.4. The lowest BCUT2D eigenvalue weighted by Gasteiger charge is -2.24. The van der Waals surface area contributed by atoms with Gasteiger partial charge in [-0.25, -0.2) is 4.39 Å². The first-order valence-corrected chi connectivity index (χ1v) is 8.15. The van der Waals surface area contributed by atoms with Crippen LogP contribution in [0.5, 0.6) is 0 Å². The Balaban J connectivity index is 1.83. The van der Waals surface area contributed by atoms with Crippen LogP contribution in [0.1, 0.15) is 31.2 Å². The van der Waals surface area contributed by atoms with Gasteiger partial charge in [0.05, 0.1) is 12.2 Å². The number of ketones is 1. The molecule has 1 aliphatic heterocycles. The van der Waals surface area contributed by atoms with Crippen LogP contribution in [0.25, 0.3) is 0 Å². The molecule has 0 radical (unpaired) electrons. The third-order valence-corrected chi connectivity index (χ3v) is 4.43. The van der Waals surface area contributed by atoms with Crippen molar-refractivity contribution in [2.24, 2.45) is 10.7 Å². The van der Waals surface area contributed by atoms with Crippen molar-refractivity contribution in [2.45, 2.75) is 32.1 Å². The monoisotopic (exact) mass is 329 g/mol. The predicted octanol–water partition coefficient (Wildman–Crippen LogP) is 2.16. The van der Waals surface area contributed by atoms with Crippen molar-refractivity contribution in [3.63, 3.8) is 0 Å². The van der Waals surface area contributed by atoms with Crippen LogP contribution < -0.4 is 11.1 Å². The number of hydrogen-bond donors (Lipinski definition) is 2. The molecule has 3 N–H and O–H groups in total. The number of carbonyl (C=O) groups is 2. The van der Waals surface area contributed by atoms with Gasteiger partial charge in [0, 0.05) is 17.7 Å². The van der Waals surface area contributed by atoms with Crippen molar-refractivity contribution in [1.29, 1.82) is 0 Å². The highest BCUT2D eigenvalue weighted by atomic mass is 19.1. The van der Waals surface area contributed by atoms with Crippen LogP contribution in [0, 0.1) is 5.82 Å². The lowest BCUT2D eigenvalue weighted by atomic mass is 9.83. The second-order valence-corrected chi connectivity index (χ2v) is 6.09. The summed E-state index contributed by atoms with van der Waals surface area (Å²) in [4.78, 5) is 27.8. The van der Waals surface area contributed by atoms with E-state index in [9.17, 15) is 14.0 Å². The van der Waals surface area contributed by atoms with Gasteiger partial charge < -0.3 is 11.1 Å². The van der Waals surface area contributed by atoms with Crippen LogP contribution in [-0.4, -0.2) is 30.5 Å². The van der Waals surface area contributed by atoms with Crippen LogP contribution in [0.3, 0.4) is 0 Å². The minimum absolute atomic E-state index is 0.119. The number of Topliss-reactive ketones (excluding diaryl/α,β-unsaturated/α-hetero) is 1. The number of rotatable bonds is 4. The summed E-state index contributed by atoms with van der Waals surface area (Å²) in [6, 6.07) is 4.60. The van der Waals surface area contributed by atoms with Crippen LogP contribution in [-0.2, 0) is 16.0 Å². The summed E-state index contributed by atoms with van der Waals surface area (Å²) in [6.07, 6.45) is 4.33. The summed E-state index contributed by atoms with van der Waals surface area (Å²) in [5, 5.41) is 2.46. The van der Waals surface area contributed by atoms with Gasteiger partial charge in [0.2, 0.25) is 5.91 Å². The van der Waals surface area contributed by atoms with E-state index >= 15 is 0 Å². The number of aliphatic imine (C=N–C) groups is 1. The lowest BCUT2D eigenvalue weighted by molar-refractivity contribution is -0.115. The average molecular weight is 329 g/mol. The molecular formula is C18H20FN3O2. The minimum Gasteiger partial charge on any atom is -0.322 e. The fourth-order valence-corrected chi connectivity index (χ4v) is 3.22. The molecule has 0 atom stereocenters. The Morgan fingerprint density at radius 2 is 2.00 bits per heavy atom. The molecule has 1 aliphatic carbocycles. The number of dihydropyridines is 1. The number of allylic oxidation sites excluding steroid dienone is 1. The maximum Gasteiger partial charge on any atom is 0.238 e. The fourth-order valence-electron chi connectivity index (χ4n) is 3.22. The summed E-state index contributed by atoms with van der Waals surface area (Å²) in [5.41, 5.74) is 9.11. The van der Waals surface area contributed by atoms with Gasteiger partial charge in [-0.2, -0.15) is 0 Å². The third kappa shape index (κ3) is 3.43. The molecule has 0 aromatic heterocycles. The van der Waals surface area contributed by atoms with Crippen LogP contribution >= 0.6 is 0 Å². The van der Waals surface area contributed by atoms with Crippen molar-refractivity contribution in [1.82, 2.24) is 0 Å². The number of hydrogen-bond acceptors (Lipinski definition) is 4. The number of nitrogens with one attached hydrogen (secondary N) is 1. The predicted molar refractivity (Wildman–Crippen MR) is 90.6 cm³/mol. The highest BCUT2D eigenvalue weighted by Gasteiger charge is 2.25. The summed E-state index contributed by atoms with van der Waals surface area (Å²) < 4.78 is 13.8. The van der Waals surface area contributed by atoms with Gasteiger partial charge in [0.25, 0.3) is 0 Å². The largest absolute Gasteiger partial charge is 0.322 e. The molecule has 126 valence electrons. The van der Waals surface area contributed by atoms with E-state index < -0.39 is 11.7 Å². The number of amides is 1. The highest BCUT2D eigenvalue weighted by Crippen LogP contribution is 2.30. The van der Waals surface area contributed by atoms with Gasteiger partial charge in [-0.05, 0) is 49.0 Å². The quantitative estimate of drug-likeness (QED) is 0.888. The van der Waals surface area contributed by atoms with Crippen molar-refractivity contribution < 1.29 is 14.0 Å². The molecule has 0 spiro atoms. The second kappa shape index (κ2) is 7.05. The van der Waals surface area contributed by atoms with Gasteiger partial charge in [-0.1, -0.05) is 6.07 Å². The minimum atomic E-state index is -0.501. The SMILES string of the molecule is NCC(=O)Nc1cc(CC2=NCC(=O)C3=C2CCCC3)ccc1F. The molecule has 6 heteroatoms. The zero-order valence-corrected chi connectivity index (χ0v) is 13.4. The zero-order chi connectivity index (χ0) is 17.1. The topological polar surface area (TPSA) is 84.6 Å². The first kappa shape index (κ1) is 16.5. The van der Waals surface area contributed by atoms with Gasteiger partial charge in [-0.3, -0.25) is 14.6 Å². The van der Waals surface area contributed by atoms with E-state index in [2.05, 4.69) is 10.3 Å². The van der Waals surface area contributed by atoms with Crippen molar-refractivity contribution >= 4 is 23.1 Å². The van der Waals surface area contributed by atoms with Gasteiger partial charge in [-0.15, -0.1) is 0 Å². The molecule has 0 saturated carbocycles. The number of halogens is 1. The van der Waals surface area contributed by atoms with E-state index in [-0.39, 0.29) is 24.6 Å². The van der Waals surface area contributed by atoms with Crippen LogP contribution in [0.2, 0.25) is 0 Å². The average Bonchev–Trinajstić information content (AvgIpc) is 2.60. The summed E-state index contributed by atoms with van der Waals surface area (Å²) in [7, 11) is 0. The number of benzene rings is 1. The number of anilines is 1. The molecule has 0 saturated heterocycles. The Morgan fingerprint density at radius 3 is 2.75 bits per heavy atom. The van der Waals surface area contributed by atoms with E-state index in [0.29, 0.717) is 6.42 Å². The van der Waals surface area contributed by atoms with E-state index in [1.54, 1.807) is 12.1 Å². The Hall–Kier alpha value is -2.34. The molecule has 2 aliphatic rings. The second-order valence-electron chi connectivity index (χ2n) is 6.09. The Kier molecular flexibility index (Phi) is 4.85. The molecule has 1 amide bonds. The summed E-state index contributed by atoms with van der Waals surface area (Å²) in [6.45, 7) is 0.000855. The summed E-state index contributed by atoms with van der Waals surface area (Å²) >= 11 is 0. The third-order valence-electron chi connectivity index (χ3n) is 4.43. The normalized spacial score (nSPS) is 17.4. The Labute approximate surface area is 139 Å². The molecule has 0 fully saturated rings. The van der Waals surface area contributed by atoms with Crippen molar-refractivity contribution in [3.8, 4) is 0 Å². The maximum atomic E-state index is 13.8. The smallest absolute Gasteiger partial charge is 0.238 e. The van der Waals surface area contributed by atoms with Gasteiger partial charge >= 0.3 is 0 Å². The molecule has 1 aromatic rings. The van der Waals surface area contributed by atoms with E-state index in [1.165, 1.54) is 6.07 Å². The van der Waals surface area contributed by atoms with Gasteiger partial charge in [0.15, 0.2) is 5.78 Å².